The fraction of sp³-hybridized carbons (Fsp3) is 0.400. The van der Waals surface area contributed by atoms with Gasteiger partial charge in [-0.05, 0) is 30.0 Å². The number of pyridine rings is 1. The lowest BCUT2D eigenvalue weighted by Gasteiger charge is -2.29. The summed E-state index contributed by atoms with van der Waals surface area (Å²) in [7, 11) is 0. The van der Waals surface area contributed by atoms with Gasteiger partial charge in [0.05, 0.1) is 16.8 Å². The number of nitrogens with zero attached hydrogens (tertiary/aromatic N) is 5. The van der Waals surface area contributed by atoms with Crippen molar-refractivity contribution in [2.75, 3.05) is 6.54 Å². The highest BCUT2D eigenvalue weighted by molar-refractivity contribution is 6.33. The third kappa shape index (κ3) is 5.52. The van der Waals surface area contributed by atoms with E-state index in [0.717, 1.165) is 16.7 Å². The Morgan fingerprint density at radius 3 is 2.60 bits per heavy atom. The van der Waals surface area contributed by atoms with Gasteiger partial charge in [0, 0.05) is 43.7 Å². The first kappa shape index (κ1) is 24.8. The number of amides is 2. The van der Waals surface area contributed by atoms with Gasteiger partial charge in [0.2, 0.25) is 11.8 Å². The van der Waals surface area contributed by atoms with Crippen molar-refractivity contribution in [3.05, 3.63) is 65.2 Å². The zero-order valence-corrected chi connectivity index (χ0v) is 20.7. The molecule has 2 N–H and O–H groups in total. The van der Waals surface area contributed by atoms with E-state index in [1.165, 1.54) is 4.90 Å². The van der Waals surface area contributed by atoms with E-state index in [0.29, 0.717) is 17.3 Å². The van der Waals surface area contributed by atoms with Crippen molar-refractivity contribution in [2.24, 2.45) is 5.92 Å². The van der Waals surface area contributed by atoms with E-state index >= 15 is 0 Å². The van der Waals surface area contributed by atoms with Crippen molar-refractivity contribution in [3.63, 3.8) is 0 Å². The number of aliphatic hydroxyl groups excluding tert-OH is 1. The summed E-state index contributed by atoms with van der Waals surface area (Å²) >= 11 is 6.23. The molecule has 1 fully saturated rings. The normalized spacial score (nSPS) is 18.6. The Morgan fingerprint density at radius 2 is 1.97 bits per heavy atom. The molecule has 3 heterocycles. The Balaban J connectivity index is 1.43. The second-order valence-corrected chi connectivity index (χ2v) is 9.60. The third-order valence-electron chi connectivity index (χ3n) is 6.16. The molecule has 35 heavy (non-hydrogen) atoms. The van der Waals surface area contributed by atoms with Crippen LogP contribution < -0.4 is 5.32 Å². The number of hydrogen-bond acceptors (Lipinski definition) is 6. The van der Waals surface area contributed by atoms with Crippen molar-refractivity contribution in [1.82, 2.24) is 30.2 Å². The van der Waals surface area contributed by atoms with E-state index in [9.17, 15) is 14.7 Å². The van der Waals surface area contributed by atoms with Crippen LogP contribution >= 0.6 is 11.6 Å². The first-order valence-electron chi connectivity index (χ1n) is 11.6. The highest BCUT2D eigenvalue weighted by atomic mass is 35.5. The largest absolute Gasteiger partial charge is 0.391 e. The van der Waals surface area contributed by atoms with Crippen LogP contribution in [0.3, 0.4) is 0 Å². The number of rotatable bonds is 7. The minimum absolute atomic E-state index is 0.0718. The highest BCUT2D eigenvalue weighted by Gasteiger charge is 2.42. The van der Waals surface area contributed by atoms with E-state index in [2.05, 4.69) is 20.6 Å². The first-order chi connectivity index (χ1) is 16.7. The second kappa shape index (κ2) is 10.5. The van der Waals surface area contributed by atoms with E-state index in [1.807, 2.05) is 44.2 Å². The Bertz CT molecular complexity index is 1200. The minimum Gasteiger partial charge on any atom is -0.391 e. The molecule has 0 saturated carbocycles. The number of aryl methyl sites for hydroxylation is 1. The fourth-order valence-electron chi connectivity index (χ4n) is 4.40. The molecule has 184 valence electrons. The van der Waals surface area contributed by atoms with Gasteiger partial charge in [-0.2, -0.15) is 0 Å². The maximum atomic E-state index is 13.5. The summed E-state index contributed by atoms with van der Waals surface area (Å²) in [4.78, 5) is 32.0. The number of β-amino-alcohol motifs (C(OH)–C–C–N with tert-alkyl or cyclic N) is 1. The molecule has 0 aliphatic carbocycles. The summed E-state index contributed by atoms with van der Waals surface area (Å²) in [5.41, 5.74) is 3.44. The van der Waals surface area contributed by atoms with Crippen LogP contribution in [-0.4, -0.2) is 60.5 Å². The lowest BCUT2D eigenvalue weighted by Crippen LogP contribution is -2.49. The van der Waals surface area contributed by atoms with Crippen LogP contribution in [0, 0.1) is 12.8 Å². The summed E-state index contributed by atoms with van der Waals surface area (Å²) in [6.07, 6.45) is 4.43. The monoisotopic (exact) mass is 496 g/mol. The van der Waals surface area contributed by atoms with Gasteiger partial charge in [-0.1, -0.05) is 54.9 Å². The molecule has 0 spiro atoms. The van der Waals surface area contributed by atoms with Gasteiger partial charge in [0.25, 0.3) is 0 Å². The van der Waals surface area contributed by atoms with E-state index in [4.69, 9.17) is 11.6 Å². The summed E-state index contributed by atoms with van der Waals surface area (Å²) in [6, 6.07) is 8.20. The minimum atomic E-state index is -0.760. The second-order valence-electron chi connectivity index (χ2n) is 9.19. The summed E-state index contributed by atoms with van der Waals surface area (Å²) in [5.74, 6) is -0.619. The molecular weight excluding hydrogens is 468 g/mol. The smallest absolute Gasteiger partial charge is 0.248 e. The number of aromatic nitrogens is 4. The SMILES string of the molecule is Cc1cn([C@H](C(=O)N2C[C@H](O)C[C@H]2C(=O)NCc2ccc(-c3ccncc3Cl)cc2)C(C)C)nn1. The van der Waals surface area contributed by atoms with Gasteiger partial charge in [-0.15, -0.1) is 5.10 Å². The van der Waals surface area contributed by atoms with E-state index in [-0.39, 0.29) is 30.7 Å². The lowest BCUT2D eigenvalue weighted by molar-refractivity contribution is -0.142. The number of likely N-dealkylation sites (tertiary alicyclic amines) is 1. The summed E-state index contributed by atoms with van der Waals surface area (Å²) in [6.45, 7) is 6.05. The number of halogens is 1. The van der Waals surface area contributed by atoms with Gasteiger partial charge < -0.3 is 15.3 Å². The molecule has 0 bridgehead atoms. The molecule has 10 heteroatoms. The predicted molar refractivity (Wildman–Crippen MR) is 131 cm³/mol. The molecule has 3 atom stereocenters. The maximum Gasteiger partial charge on any atom is 0.248 e. The molecular formula is C25H29ClN6O3. The predicted octanol–water partition coefficient (Wildman–Crippen LogP) is 2.78. The molecule has 2 aromatic heterocycles. The Labute approximate surface area is 209 Å². The van der Waals surface area contributed by atoms with Crippen LogP contribution in [0.1, 0.15) is 37.6 Å². The van der Waals surface area contributed by atoms with E-state index < -0.39 is 18.2 Å². The van der Waals surface area contributed by atoms with Crippen LogP contribution in [0.15, 0.2) is 48.9 Å². The molecule has 1 aliphatic rings. The maximum absolute atomic E-state index is 13.5. The zero-order chi connectivity index (χ0) is 25.1. The average molecular weight is 497 g/mol. The quantitative estimate of drug-likeness (QED) is 0.520. The molecule has 4 rings (SSSR count). The highest BCUT2D eigenvalue weighted by Crippen LogP contribution is 2.28. The number of carbonyl (C=O) groups excluding carboxylic acids is 2. The average Bonchev–Trinajstić information content (AvgIpc) is 3.43. The summed E-state index contributed by atoms with van der Waals surface area (Å²) in [5, 5.41) is 21.8. The number of aliphatic hydroxyl groups is 1. The Morgan fingerprint density at radius 1 is 1.23 bits per heavy atom. The Hall–Kier alpha value is -3.30. The number of benzene rings is 1. The molecule has 1 saturated heterocycles. The van der Waals surface area contributed by atoms with Gasteiger partial charge in [0.15, 0.2) is 0 Å². The van der Waals surface area contributed by atoms with Crippen molar-refractivity contribution < 1.29 is 14.7 Å². The molecule has 0 radical (unpaired) electrons. The van der Waals surface area contributed by atoms with Gasteiger partial charge >= 0.3 is 0 Å². The summed E-state index contributed by atoms with van der Waals surface area (Å²) < 4.78 is 1.54. The Kier molecular flexibility index (Phi) is 7.47. The van der Waals surface area contributed by atoms with Crippen LogP contribution in [0.5, 0.6) is 0 Å². The van der Waals surface area contributed by atoms with Crippen molar-refractivity contribution in [1.29, 1.82) is 0 Å². The first-order valence-corrected chi connectivity index (χ1v) is 12.0. The van der Waals surface area contributed by atoms with Crippen LogP contribution in [0.4, 0.5) is 0 Å². The molecule has 0 unspecified atom stereocenters. The van der Waals surface area contributed by atoms with Crippen molar-refractivity contribution in [3.8, 4) is 11.1 Å². The van der Waals surface area contributed by atoms with E-state index in [1.54, 1.807) is 30.2 Å². The lowest BCUT2D eigenvalue weighted by atomic mass is 10.0. The van der Waals surface area contributed by atoms with Gasteiger partial charge in [-0.3, -0.25) is 14.6 Å². The third-order valence-corrected chi connectivity index (χ3v) is 6.46. The van der Waals surface area contributed by atoms with Crippen LogP contribution in [0.2, 0.25) is 5.02 Å². The molecule has 1 aromatic carbocycles. The topological polar surface area (TPSA) is 113 Å². The van der Waals surface area contributed by atoms with Crippen LogP contribution in [0.25, 0.3) is 11.1 Å². The number of carbonyl (C=O) groups is 2. The molecule has 1 aliphatic heterocycles. The van der Waals surface area contributed by atoms with Crippen molar-refractivity contribution >= 4 is 23.4 Å². The standard InChI is InChI=1S/C25H29ClN6O3/c1-15(2)23(32-13-16(3)29-30-32)25(35)31-14-19(33)10-22(31)24(34)28-11-17-4-6-18(7-5-17)20-8-9-27-12-21(20)26/h4-9,12-13,15,19,22-23,33H,10-11,14H2,1-3H3,(H,28,34)/t19-,22+,23+/m1/s1. The van der Waals surface area contributed by atoms with Crippen molar-refractivity contribution in [2.45, 2.75) is 51.9 Å². The number of nitrogens with one attached hydrogen (secondary N) is 1. The number of hydrogen-bond donors (Lipinski definition) is 2. The molecule has 2 amide bonds. The molecule has 3 aromatic rings. The molecule has 9 nitrogen and oxygen atoms in total. The zero-order valence-electron chi connectivity index (χ0n) is 19.9. The fourth-order valence-corrected chi connectivity index (χ4v) is 4.63. The van der Waals surface area contributed by atoms with Crippen LogP contribution in [-0.2, 0) is 16.1 Å². The van der Waals surface area contributed by atoms with Gasteiger partial charge in [0.1, 0.15) is 12.1 Å². The van der Waals surface area contributed by atoms with Gasteiger partial charge in [-0.25, -0.2) is 4.68 Å².